The normalized spacial score (nSPS) is 19.1. The predicted molar refractivity (Wildman–Crippen MR) is 69.7 cm³/mol. The monoisotopic (exact) mass is 217 g/mol. The van der Waals surface area contributed by atoms with E-state index >= 15 is 0 Å². The van der Waals surface area contributed by atoms with Gasteiger partial charge in [0.1, 0.15) is 0 Å². The molecule has 0 unspecified atom stereocenters. The molecule has 0 bridgehead atoms. The molecule has 2 rings (SSSR count). The summed E-state index contributed by atoms with van der Waals surface area (Å²) < 4.78 is 0. The number of benzene rings is 1. The molecule has 0 saturated carbocycles. The third-order valence-corrected chi connectivity index (χ3v) is 3.56. The van der Waals surface area contributed by atoms with Crippen molar-refractivity contribution in [1.82, 2.24) is 4.90 Å². The van der Waals surface area contributed by atoms with Crippen molar-refractivity contribution in [2.75, 3.05) is 13.1 Å². The van der Waals surface area contributed by atoms with Gasteiger partial charge in [-0.2, -0.15) is 0 Å². The van der Waals surface area contributed by atoms with Crippen molar-refractivity contribution in [3.63, 3.8) is 0 Å². The van der Waals surface area contributed by atoms with Gasteiger partial charge in [0, 0.05) is 6.04 Å². The van der Waals surface area contributed by atoms with E-state index in [1.54, 1.807) is 11.1 Å². The molecule has 1 aromatic carbocycles. The van der Waals surface area contributed by atoms with Crippen LogP contribution in [0.1, 0.15) is 50.3 Å². The largest absolute Gasteiger partial charge is 0.296 e. The number of nitrogens with zero attached hydrogens (tertiary/aromatic N) is 1. The van der Waals surface area contributed by atoms with Gasteiger partial charge in [-0.05, 0) is 49.9 Å². The van der Waals surface area contributed by atoms with Gasteiger partial charge in [0.25, 0.3) is 0 Å². The molecule has 0 spiro atoms. The average molecular weight is 217 g/mol. The minimum atomic E-state index is 0.691. The molecule has 0 aliphatic heterocycles. The predicted octanol–water partition coefficient (Wildman–Crippen LogP) is 3.80. The Balaban J connectivity index is 2.15. The summed E-state index contributed by atoms with van der Waals surface area (Å²) >= 11 is 0. The highest BCUT2D eigenvalue weighted by atomic mass is 15.2. The van der Waals surface area contributed by atoms with Crippen LogP contribution in [0.5, 0.6) is 0 Å². The van der Waals surface area contributed by atoms with Crippen LogP contribution in [0.4, 0.5) is 0 Å². The second-order valence-corrected chi connectivity index (χ2v) is 4.79. The summed E-state index contributed by atoms with van der Waals surface area (Å²) in [6.45, 7) is 7.05. The Bertz CT molecular complexity index is 326. The summed E-state index contributed by atoms with van der Waals surface area (Å²) in [4.78, 5) is 2.67. The van der Waals surface area contributed by atoms with Crippen molar-refractivity contribution < 1.29 is 0 Å². The topological polar surface area (TPSA) is 3.24 Å². The van der Waals surface area contributed by atoms with Crippen LogP contribution in [0.25, 0.3) is 0 Å². The summed E-state index contributed by atoms with van der Waals surface area (Å²) in [5, 5.41) is 0. The van der Waals surface area contributed by atoms with Crippen LogP contribution in [-0.2, 0) is 6.42 Å². The molecule has 1 atom stereocenters. The SMILES string of the molecule is CCCN(CCC)[C@@H]1CCc2ccccc21. The Labute approximate surface area is 99.5 Å². The minimum absolute atomic E-state index is 0.691. The van der Waals surface area contributed by atoms with Crippen LogP contribution in [0, 0.1) is 0 Å². The standard InChI is InChI=1S/C15H23N/c1-3-11-16(12-4-2)15-10-9-13-7-5-6-8-14(13)15/h5-8,15H,3-4,9-12H2,1-2H3/t15-/m1/s1. The summed E-state index contributed by atoms with van der Waals surface area (Å²) in [6.07, 6.45) is 5.11. The molecule has 0 radical (unpaired) electrons. The van der Waals surface area contributed by atoms with Gasteiger partial charge in [-0.1, -0.05) is 38.1 Å². The highest BCUT2D eigenvalue weighted by Crippen LogP contribution is 2.35. The number of rotatable bonds is 5. The van der Waals surface area contributed by atoms with E-state index in [-0.39, 0.29) is 0 Å². The van der Waals surface area contributed by atoms with Crippen molar-refractivity contribution in [2.45, 2.75) is 45.6 Å². The minimum Gasteiger partial charge on any atom is -0.296 e. The van der Waals surface area contributed by atoms with Crippen LogP contribution < -0.4 is 0 Å². The van der Waals surface area contributed by atoms with E-state index in [0.717, 1.165) is 0 Å². The van der Waals surface area contributed by atoms with Crippen molar-refractivity contribution in [2.24, 2.45) is 0 Å². The van der Waals surface area contributed by atoms with E-state index in [2.05, 4.69) is 43.0 Å². The first-order chi connectivity index (χ1) is 7.86. The Morgan fingerprint density at radius 3 is 2.50 bits per heavy atom. The zero-order valence-electron chi connectivity index (χ0n) is 10.6. The summed E-state index contributed by atoms with van der Waals surface area (Å²) in [5.41, 5.74) is 3.16. The Morgan fingerprint density at radius 1 is 1.12 bits per heavy atom. The van der Waals surface area contributed by atoms with Crippen LogP contribution in [0.3, 0.4) is 0 Å². The van der Waals surface area contributed by atoms with Gasteiger partial charge in [-0.25, -0.2) is 0 Å². The maximum absolute atomic E-state index is 2.67. The lowest BCUT2D eigenvalue weighted by Crippen LogP contribution is -2.29. The zero-order valence-corrected chi connectivity index (χ0v) is 10.6. The maximum atomic E-state index is 2.67. The summed E-state index contributed by atoms with van der Waals surface area (Å²) in [6, 6.07) is 9.67. The first-order valence-electron chi connectivity index (χ1n) is 6.68. The first-order valence-corrected chi connectivity index (χ1v) is 6.68. The van der Waals surface area contributed by atoms with Crippen molar-refractivity contribution in [3.8, 4) is 0 Å². The van der Waals surface area contributed by atoms with Crippen LogP contribution in [0.2, 0.25) is 0 Å². The van der Waals surface area contributed by atoms with Crippen LogP contribution in [-0.4, -0.2) is 18.0 Å². The summed E-state index contributed by atoms with van der Waals surface area (Å²) in [5.74, 6) is 0. The van der Waals surface area contributed by atoms with E-state index in [4.69, 9.17) is 0 Å². The quantitative estimate of drug-likeness (QED) is 0.725. The van der Waals surface area contributed by atoms with Gasteiger partial charge >= 0.3 is 0 Å². The van der Waals surface area contributed by atoms with E-state index in [9.17, 15) is 0 Å². The second kappa shape index (κ2) is 5.49. The second-order valence-electron chi connectivity index (χ2n) is 4.79. The van der Waals surface area contributed by atoms with Crippen LogP contribution >= 0.6 is 0 Å². The fourth-order valence-electron chi connectivity index (χ4n) is 2.91. The fourth-order valence-corrected chi connectivity index (χ4v) is 2.91. The highest BCUT2D eigenvalue weighted by molar-refractivity contribution is 5.34. The highest BCUT2D eigenvalue weighted by Gasteiger charge is 2.26. The number of hydrogen-bond donors (Lipinski definition) is 0. The van der Waals surface area contributed by atoms with E-state index in [1.807, 2.05) is 0 Å². The number of fused-ring (bicyclic) bond motifs is 1. The molecule has 1 aromatic rings. The molecule has 1 aliphatic carbocycles. The number of hydrogen-bond acceptors (Lipinski definition) is 1. The van der Waals surface area contributed by atoms with Crippen molar-refractivity contribution in [3.05, 3.63) is 35.4 Å². The molecule has 88 valence electrons. The average Bonchev–Trinajstić information content (AvgIpc) is 2.72. The van der Waals surface area contributed by atoms with Gasteiger partial charge < -0.3 is 0 Å². The lowest BCUT2D eigenvalue weighted by molar-refractivity contribution is 0.197. The van der Waals surface area contributed by atoms with E-state index < -0.39 is 0 Å². The Hall–Kier alpha value is -0.820. The molecule has 0 aromatic heterocycles. The Morgan fingerprint density at radius 2 is 1.81 bits per heavy atom. The van der Waals surface area contributed by atoms with Crippen molar-refractivity contribution in [1.29, 1.82) is 0 Å². The smallest absolute Gasteiger partial charge is 0.0354 e. The summed E-state index contributed by atoms with van der Waals surface area (Å²) in [7, 11) is 0. The zero-order chi connectivity index (χ0) is 11.4. The molecule has 0 heterocycles. The molecule has 1 heteroatoms. The third-order valence-electron chi connectivity index (χ3n) is 3.56. The molecular formula is C15H23N. The molecule has 1 aliphatic rings. The Kier molecular flexibility index (Phi) is 4.00. The van der Waals surface area contributed by atoms with Gasteiger partial charge in [0.2, 0.25) is 0 Å². The van der Waals surface area contributed by atoms with Crippen LogP contribution in [0.15, 0.2) is 24.3 Å². The van der Waals surface area contributed by atoms with E-state index in [0.29, 0.717) is 6.04 Å². The first kappa shape index (κ1) is 11.7. The number of aryl methyl sites for hydroxylation is 1. The van der Waals surface area contributed by atoms with Gasteiger partial charge in [0.05, 0.1) is 0 Å². The maximum Gasteiger partial charge on any atom is 0.0354 e. The third kappa shape index (κ3) is 2.30. The van der Waals surface area contributed by atoms with Crippen molar-refractivity contribution >= 4 is 0 Å². The van der Waals surface area contributed by atoms with Gasteiger partial charge in [-0.15, -0.1) is 0 Å². The molecule has 0 N–H and O–H groups in total. The lowest BCUT2D eigenvalue weighted by atomic mass is 10.1. The molecule has 0 amide bonds. The molecule has 1 nitrogen and oxygen atoms in total. The molecule has 16 heavy (non-hydrogen) atoms. The molecular weight excluding hydrogens is 194 g/mol. The lowest BCUT2D eigenvalue weighted by Gasteiger charge is -2.28. The van der Waals surface area contributed by atoms with Gasteiger partial charge in [0.15, 0.2) is 0 Å². The van der Waals surface area contributed by atoms with E-state index in [1.165, 1.54) is 38.8 Å². The molecule has 0 saturated heterocycles. The molecule has 0 fully saturated rings. The van der Waals surface area contributed by atoms with Gasteiger partial charge in [-0.3, -0.25) is 4.90 Å². The fraction of sp³-hybridized carbons (Fsp3) is 0.600.